The van der Waals surface area contributed by atoms with Gasteiger partial charge < -0.3 is 24.3 Å². The number of carbonyl (C=O) groups excluding carboxylic acids is 2. The van der Waals surface area contributed by atoms with Gasteiger partial charge in [-0.1, -0.05) is 25.1 Å². The van der Waals surface area contributed by atoms with Crippen LogP contribution in [-0.4, -0.2) is 51.2 Å². The molecule has 1 aliphatic heterocycles. The van der Waals surface area contributed by atoms with Crippen molar-refractivity contribution in [1.29, 1.82) is 0 Å². The number of methoxy groups -OCH3 is 3. The predicted octanol–water partition coefficient (Wildman–Crippen LogP) is 5.37. The van der Waals surface area contributed by atoms with Crippen LogP contribution >= 0.6 is 11.8 Å². The molecule has 0 aromatic heterocycles. The van der Waals surface area contributed by atoms with Crippen molar-refractivity contribution in [2.24, 2.45) is 0 Å². The molecule has 8 heteroatoms. The quantitative estimate of drug-likeness (QED) is 0.320. The zero-order valence-electron chi connectivity index (χ0n) is 22.6. The van der Waals surface area contributed by atoms with Crippen LogP contribution in [0.15, 0.2) is 65.0 Å². The number of thioether (sulfide) groups is 1. The van der Waals surface area contributed by atoms with E-state index in [1.165, 1.54) is 0 Å². The number of hydrogen-bond donors (Lipinski definition) is 1. The van der Waals surface area contributed by atoms with E-state index in [1.807, 2.05) is 43.3 Å². The molecule has 0 fully saturated rings. The molecule has 1 N–H and O–H groups in total. The first kappa shape index (κ1) is 27.6. The summed E-state index contributed by atoms with van der Waals surface area (Å²) in [6, 6.07) is 13.4. The van der Waals surface area contributed by atoms with Gasteiger partial charge in [-0.05, 0) is 60.4 Å². The third-order valence-electron chi connectivity index (χ3n) is 7.04. The molecule has 2 atom stereocenters. The van der Waals surface area contributed by atoms with Gasteiger partial charge in [0.15, 0.2) is 17.3 Å². The average Bonchev–Trinajstić information content (AvgIpc) is 2.94. The summed E-state index contributed by atoms with van der Waals surface area (Å²) >= 11 is 1.71. The second kappa shape index (κ2) is 12.4. The third-order valence-corrected chi connectivity index (χ3v) is 7.90. The van der Waals surface area contributed by atoms with E-state index >= 15 is 0 Å². The number of rotatable bonds is 10. The Bertz CT molecular complexity index is 1250. The maximum Gasteiger partial charge on any atom is 0.336 e. The van der Waals surface area contributed by atoms with E-state index in [2.05, 4.69) is 12.2 Å². The van der Waals surface area contributed by atoms with Crippen molar-refractivity contribution in [2.75, 3.05) is 39.4 Å². The summed E-state index contributed by atoms with van der Waals surface area (Å²) in [5, 5.41) is 3.41. The highest BCUT2D eigenvalue weighted by atomic mass is 32.2. The number of ketones is 1. The molecule has 2 aliphatic rings. The van der Waals surface area contributed by atoms with Gasteiger partial charge >= 0.3 is 5.97 Å². The van der Waals surface area contributed by atoms with Crippen molar-refractivity contribution in [2.45, 2.75) is 38.5 Å². The molecule has 7 nitrogen and oxygen atoms in total. The fourth-order valence-corrected chi connectivity index (χ4v) is 5.69. The molecule has 202 valence electrons. The van der Waals surface area contributed by atoms with E-state index in [0.717, 1.165) is 34.1 Å². The van der Waals surface area contributed by atoms with Gasteiger partial charge in [-0.3, -0.25) is 4.79 Å². The van der Waals surface area contributed by atoms with E-state index < -0.39 is 11.9 Å². The standard InChI is InChI=1S/C30H35NO6S/c1-6-38-14-13-37-30(33)27-18(2)31-23-15-21(19-7-10-22(34-3)11-8-19)16-24(32)29(23)28(27)20-9-12-25(35-4)26(17-20)36-5/h7-12,17,21,28,31H,6,13-16H2,1-5H3. The molecular weight excluding hydrogens is 502 g/mol. The molecule has 0 saturated heterocycles. The van der Waals surface area contributed by atoms with Crippen LogP contribution in [0, 0.1) is 0 Å². The highest BCUT2D eigenvalue weighted by Gasteiger charge is 2.41. The van der Waals surface area contributed by atoms with Crippen molar-refractivity contribution < 1.29 is 28.5 Å². The Morgan fingerprint density at radius 3 is 2.34 bits per heavy atom. The molecular formula is C30H35NO6S. The van der Waals surface area contributed by atoms with Crippen LogP contribution < -0.4 is 19.5 Å². The van der Waals surface area contributed by atoms with E-state index in [0.29, 0.717) is 47.8 Å². The van der Waals surface area contributed by atoms with Gasteiger partial charge in [0.1, 0.15) is 12.4 Å². The highest BCUT2D eigenvalue weighted by Crippen LogP contribution is 2.47. The van der Waals surface area contributed by atoms with Crippen molar-refractivity contribution in [1.82, 2.24) is 5.32 Å². The normalized spacial score (nSPS) is 19.0. The first-order valence-corrected chi connectivity index (χ1v) is 13.9. The van der Waals surface area contributed by atoms with Crippen LogP contribution in [0.3, 0.4) is 0 Å². The molecule has 2 aromatic carbocycles. The number of carbonyl (C=O) groups is 2. The van der Waals surface area contributed by atoms with E-state index in [1.54, 1.807) is 39.2 Å². The zero-order chi connectivity index (χ0) is 27.2. The lowest BCUT2D eigenvalue weighted by Crippen LogP contribution is -2.36. The minimum absolute atomic E-state index is 0.0127. The summed E-state index contributed by atoms with van der Waals surface area (Å²) in [6.45, 7) is 4.25. The molecule has 1 aliphatic carbocycles. The van der Waals surface area contributed by atoms with Gasteiger partial charge in [0.05, 0.1) is 26.9 Å². The van der Waals surface area contributed by atoms with E-state index in [-0.39, 0.29) is 11.7 Å². The van der Waals surface area contributed by atoms with Gasteiger partial charge in [-0.2, -0.15) is 11.8 Å². The summed E-state index contributed by atoms with van der Waals surface area (Å²) in [4.78, 5) is 27.2. The number of nitrogens with one attached hydrogen (secondary N) is 1. The summed E-state index contributed by atoms with van der Waals surface area (Å²) in [5.74, 6) is 2.63. The fraction of sp³-hybridized carbons (Fsp3) is 0.400. The fourth-order valence-electron chi connectivity index (χ4n) is 5.20. The molecule has 0 bridgehead atoms. The predicted molar refractivity (Wildman–Crippen MR) is 149 cm³/mol. The van der Waals surface area contributed by atoms with E-state index in [9.17, 15) is 9.59 Å². The van der Waals surface area contributed by atoms with Crippen molar-refractivity contribution in [3.05, 3.63) is 76.1 Å². The molecule has 2 unspecified atom stereocenters. The lowest BCUT2D eigenvalue weighted by Gasteiger charge is -2.37. The number of Topliss-reactive ketones (excluding diaryl/α,β-unsaturated/α-hetero) is 1. The molecule has 1 heterocycles. The largest absolute Gasteiger partial charge is 0.497 e. The van der Waals surface area contributed by atoms with Crippen LogP contribution in [0.4, 0.5) is 0 Å². The van der Waals surface area contributed by atoms with Gasteiger partial charge in [-0.25, -0.2) is 4.79 Å². The minimum atomic E-state index is -0.568. The number of dihydropyridines is 1. The summed E-state index contributed by atoms with van der Waals surface area (Å²) < 4.78 is 21.9. The van der Waals surface area contributed by atoms with Crippen LogP contribution in [0.25, 0.3) is 0 Å². The van der Waals surface area contributed by atoms with E-state index in [4.69, 9.17) is 18.9 Å². The maximum absolute atomic E-state index is 13.8. The molecule has 0 amide bonds. The Kier molecular flexibility index (Phi) is 9.05. The van der Waals surface area contributed by atoms with Crippen LogP contribution in [0.5, 0.6) is 17.2 Å². The SMILES string of the molecule is CCSCCOC(=O)C1=C(C)NC2=C(C(=O)CC(c3ccc(OC)cc3)C2)C1c1ccc(OC)c(OC)c1. The molecule has 2 aromatic rings. The number of benzene rings is 2. The average molecular weight is 538 g/mol. The number of hydrogen-bond acceptors (Lipinski definition) is 8. The summed E-state index contributed by atoms with van der Waals surface area (Å²) in [5.41, 5.74) is 4.46. The Balaban J connectivity index is 1.74. The molecule has 0 spiro atoms. The molecule has 0 radical (unpaired) electrons. The molecule has 4 rings (SSSR count). The highest BCUT2D eigenvalue weighted by molar-refractivity contribution is 7.99. The second-order valence-corrected chi connectivity index (χ2v) is 10.6. The Labute approximate surface area is 228 Å². The lowest BCUT2D eigenvalue weighted by molar-refractivity contribution is -0.138. The number of esters is 1. The van der Waals surface area contributed by atoms with Crippen LogP contribution in [-0.2, 0) is 14.3 Å². The van der Waals surface area contributed by atoms with Crippen LogP contribution in [0.1, 0.15) is 49.7 Å². The Morgan fingerprint density at radius 2 is 1.68 bits per heavy atom. The van der Waals surface area contributed by atoms with Gasteiger partial charge in [-0.15, -0.1) is 0 Å². The van der Waals surface area contributed by atoms with Gasteiger partial charge in [0.2, 0.25) is 0 Å². The first-order valence-electron chi connectivity index (χ1n) is 12.8. The monoisotopic (exact) mass is 537 g/mol. The second-order valence-electron chi connectivity index (χ2n) is 9.24. The molecule has 38 heavy (non-hydrogen) atoms. The maximum atomic E-state index is 13.8. The van der Waals surface area contributed by atoms with Crippen molar-refractivity contribution >= 4 is 23.5 Å². The Morgan fingerprint density at radius 1 is 0.974 bits per heavy atom. The summed E-state index contributed by atoms with van der Waals surface area (Å²) in [6.07, 6.45) is 1.01. The first-order chi connectivity index (χ1) is 18.4. The summed E-state index contributed by atoms with van der Waals surface area (Å²) in [7, 11) is 4.78. The number of allylic oxidation sites excluding steroid dienone is 3. The van der Waals surface area contributed by atoms with Crippen molar-refractivity contribution in [3.8, 4) is 17.2 Å². The van der Waals surface area contributed by atoms with Crippen LogP contribution in [0.2, 0.25) is 0 Å². The minimum Gasteiger partial charge on any atom is -0.497 e. The van der Waals surface area contributed by atoms with Gasteiger partial charge in [0.25, 0.3) is 0 Å². The lowest BCUT2D eigenvalue weighted by atomic mass is 9.71. The molecule has 0 saturated carbocycles. The van der Waals surface area contributed by atoms with Crippen molar-refractivity contribution in [3.63, 3.8) is 0 Å². The smallest absolute Gasteiger partial charge is 0.336 e. The number of ether oxygens (including phenoxy) is 4. The van der Waals surface area contributed by atoms with Gasteiger partial charge in [0, 0.05) is 35.1 Å². The Hall–Kier alpha value is -3.39. The zero-order valence-corrected chi connectivity index (χ0v) is 23.4. The topological polar surface area (TPSA) is 83.1 Å². The third kappa shape index (κ3) is 5.70.